The van der Waals surface area contributed by atoms with Gasteiger partial charge in [0.1, 0.15) is 23.0 Å². The molecule has 0 radical (unpaired) electrons. The van der Waals surface area contributed by atoms with Crippen molar-refractivity contribution in [2.24, 2.45) is 11.8 Å². The molecule has 2 bridgehead atoms. The zero-order valence-corrected chi connectivity index (χ0v) is 18.3. The number of hydrogen-bond acceptors (Lipinski definition) is 9. The molecule has 0 saturated heterocycles. The topological polar surface area (TPSA) is 112 Å². The average molecular weight is 452 g/mol. The summed E-state index contributed by atoms with van der Waals surface area (Å²) < 4.78 is 15.1. The molecule has 10 heteroatoms. The molecule has 0 aliphatic heterocycles. The third kappa shape index (κ3) is 3.77. The Balaban J connectivity index is 1.35. The van der Waals surface area contributed by atoms with Crippen LogP contribution in [-0.2, 0) is 0 Å². The molecule has 0 spiro atoms. The molecule has 8 nitrogen and oxygen atoms in total. The van der Waals surface area contributed by atoms with Crippen LogP contribution >= 0.6 is 11.3 Å². The van der Waals surface area contributed by atoms with Gasteiger partial charge in [0.2, 0.25) is 5.01 Å². The third-order valence-corrected chi connectivity index (χ3v) is 7.51. The number of aromatic hydroxyl groups is 1. The predicted molar refractivity (Wildman–Crippen MR) is 118 cm³/mol. The Bertz CT molecular complexity index is 1160. The van der Waals surface area contributed by atoms with Gasteiger partial charge in [0.25, 0.3) is 0 Å². The molecule has 2 aliphatic carbocycles. The Morgan fingerprint density at radius 2 is 2.06 bits per heavy atom. The van der Waals surface area contributed by atoms with Crippen LogP contribution in [0.5, 0.6) is 5.75 Å². The van der Waals surface area contributed by atoms with Gasteiger partial charge in [-0.3, -0.25) is 0 Å². The molecule has 1 N–H and O–H groups in total. The highest BCUT2D eigenvalue weighted by Crippen LogP contribution is 2.43. The quantitative estimate of drug-likeness (QED) is 0.634. The first-order chi connectivity index (χ1) is 15.5. The van der Waals surface area contributed by atoms with Gasteiger partial charge in [-0.2, -0.15) is 5.26 Å². The van der Waals surface area contributed by atoms with Gasteiger partial charge in [-0.05, 0) is 43.2 Å². The molecule has 2 fully saturated rings. The molecule has 0 amide bonds. The summed E-state index contributed by atoms with van der Waals surface area (Å²) in [6.45, 7) is 0. The van der Waals surface area contributed by atoms with Gasteiger partial charge in [-0.25, -0.2) is 9.37 Å². The van der Waals surface area contributed by atoms with E-state index in [1.54, 1.807) is 18.3 Å². The number of fused-ring (bicyclic) bond motifs is 2. The number of benzene rings is 1. The first-order valence-corrected chi connectivity index (χ1v) is 11.5. The Morgan fingerprint density at radius 1 is 1.19 bits per heavy atom. The SMILES string of the molecule is CN(c1cnc(-c2ccc(-c3nnc(C#N)s3)cc2O)nn1)[C@H]1C[C@@H]2CCC[C@@H](C2)[C@H]1F. The average Bonchev–Trinajstić information content (AvgIpc) is 3.31. The fourth-order valence-electron chi connectivity index (χ4n) is 4.96. The van der Waals surface area contributed by atoms with Crippen LogP contribution in [0.2, 0.25) is 0 Å². The van der Waals surface area contributed by atoms with Crippen molar-refractivity contribution in [3.05, 3.63) is 29.4 Å². The summed E-state index contributed by atoms with van der Waals surface area (Å²) in [7, 11) is 1.85. The molecular weight excluding hydrogens is 429 g/mol. The van der Waals surface area contributed by atoms with Gasteiger partial charge in [0.05, 0.1) is 17.8 Å². The van der Waals surface area contributed by atoms with Gasteiger partial charge < -0.3 is 10.0 Å². The summed E-state index contributed by atoms with van der Waals surface area (Å²) in [5.74, 6) is 1.50. The van der Waals surface area contributed by atoms with Gasteiger partial charge in [0, 0.05) is 12.6 Å². The molecule has 164 valence electrons. The van der Waals surface area contributed by atoms with Crippen LogP contribution in [0.3, 0.4) is 0 Å². The van der Waals surface area contributed by atoms with Crippen LogP contribution in [0.1, 0.15) is 37.1 Å². The minimum Gasteiger partial charge on any atom is -0.507 e. The summed E-state index contributed by atoms with van der Waals surface area (Å²) in [4.78, 5) is 6.24. The minimum absolute atomic E-state index is 0.0250. The maximum atomic E-state index is 15.1. The molecular formula is C22H22FN7OS. The third-order valence-electron chi connectivity index (χ3n) is 6.63. The molecule has 3 aromatic rings. The summed E-state index contributed by atoms with van der Waals surface area (Å²) in [6, 6.07) is 6.71. The summed E-state index contributed by atoms with van der Waals surface area (Å²) >= 11 is 1.15. The molecule has 0 unspecified atom stereocenters. The highest BCUT2D eigenvalue weighted by atomic mass is 32.1. The molecule has 2 saturated carbocycles. The lowest BCUT2D eigenvalue weighted by atomic mass is 9.69. The highest BCUT2D eigenvalue weighted by molar-refractivity contribution is 7.15. The fourth-order valence-corrected chi connectivity index (χ4v) is 5.59. The Labute approximate surface area is 188 Å². The van der Waals surface area contributed by atoms with Crippen LogP contribution < -0.4 is 4.90 Å². The summed E-state index contributed by atoms with van der Waals surface area (Å²) in [6.07, 6.45) is 5.82. The van der Waals surface area contributed by atoms with Crippen LogP contribution in [0, 0.1) is 23.2 Å². The van der Waals surface area contributed by atoms with Gasteiger partial charge >= 0.3 is 0 Å². The standard InChI is InChI=1S/C22H22FN7OS/c1-30(16-8-12-3-2-4-13(7-12)20(16)23)18-11-25-21(28-26-18)15-6-5-14(9-17(15)31)22-29-27-19(10-24)32-22/h5-6,9,11-13,16,20,31H,2-4,7-8H2,1H3/t12-,13+,16+,20-/m1/s1. The number of aromatic nitrogens is 5. The molecule has 1 aromatic carbocycles. The van der Waals surface area contributed by atoms with E-state index in [0.29, 0.717) is 27.9 Å². The lowest BCUT2D eigenvalue weighted by Gasteiger charge is -2.45. The van der Waals surface area contributed by atoms with E-state index in [4.69, 9.17) is 5.26 Å². The van der Waals surface area contributed by atoms with E-state index in [9.17, 15) is 5.11 Å². The molecule has 32 heavy (non-hydrogen) atoms. The number of halogens is 1. The summed E-state index contributed by atoms with van der Waals surface area (Å²) in [5.41, 5.74) is 1.07. The maximum Gasteiger partial charge on any atom is 0.218 e. The molecule has 2 aliphatic rings. The van der Waals surface area contributed by atoms with Crippen molar-refractivity contribution in [1.29, 1.82) is 5.26 Å². The van der Waals surface area contributed by atoms with Crippen molar-refractivity contribution in [2.75, 3.05) is 11.9 Å². The van der Waals surface area contributed by atoms with Crippen LogP contribution in [0.15, 0.2) is 24.4 Å². The summed E-state index contributed by atoms with van der Waals surface area (Å²) in [5, 5.41) is 36.4. The van der Waals surface area contributed by atoms with Gasteiger partial charge in [0.15, 0.2) is 11.6 Å². The van der Waals surface area contributed by atoms with E-state index in [1.165, 1.54) is 12.5 Å². The number of phenols is 1. The van der Waals surface area contributed by atoms with E-state index in [2.05, 4.69) is 25.4 Å². The number of nitriles is 1. The van der Waals surface area contributed by atoms with E-state index in [-0.39, 0.29) is 28.5 Å². The van der Waals surface area contributed by atoms with Crippen molar-refractivity contribution < 1.29 is 9.50 Å². The van der Waals surface area contributed by atoms with E-state index >= 15 is 4.39 Å². The van der Waals surface area contributed by atoms with Gasteiger partial charge in [-0.1, -0.05) is 30.2 Å². The fraction of sp³-hybridized carbons (Fsp3) is 0.455. The first-order valence-electron chi connectivity index (χ1n) is 10.7. The van der Waals surface area contributed by atoms with E-state index in [0.717, 1.165) is 37.0 Å². The Hall–Kier alpha value is -3.19. The Kier molecular flexibility index (Phi) is 5.43. The second-order valence-electron chi connectivity index (χ2n) is 8.55. The first kappa shape index (κ1) is 20.7. The maximum absolute atomic E-state index is 15.1. The van der Waals surface area contributed by atoms with Crippen LogP contribution in [0.4, 0.5) is 10.2 Å². The van der Waals surface area contributed by atoms with Gasteiger partial charge in [-0.15, -0.1) is 20.4 Å². The second kappa shape index (κ2) is 8.39. The smallest absolute Gasteiger partial charge is 0.218 e. The van der Waals surface area contributed by atoms with E-state index in [1.807, 2.05) is 18.0 Å². The largest absolute Gasteiger partial charge is 0.507 e. The zero-order chi connectivity index (χ0) is 22.2. The van der Waals surface area contributed by atoms with Crippen LogP contribution in [-0.4, -0.2) is 49.7 Å². The number of phenolic OH excluding ortho intramolecular Hbond substituents is 1. The zero-order valence-electron chi connectivity index (χ0n) is 17.5. The monoisotopic (exact) mass is 451 g/mol. The highest BCUT2D eigenvalue weighted by Gasteiger charge is 2.42. The number of rotatable bonds is 4. The van der Waals surface area contributed by atoms with Crippen molar-refractivity contribution in [1.82, 2.24) is 25.4 Å². The van der Waals surface area contributed by atoms with Crippen molar-refractivity contribution in [3.63, 3.8) is 0 Å². The lowest BCUT2D eigenvalue weighted by molar-refractivity contribution is 0.0656. The van der Waals surface area contributed by atoms with Crippen molar-refractivity contribution in [2.45, 2.75) is 44.3 Å². The molecule has 4 atom stereocenters. The predicted octanol–water partition coefficient (Wildman–Crippen LogP) is 3.99. The molecule has 5 rings (SSSR count). The molecule has 2 aromatic heterocycles. The Morgan fingerprint density at radius 3 is 2.78 bits per heavy atom. The van der Waals surface area contributed by atoms with Crippen molar-refractivity contribution in [3.8, 4) is 33.8 Å². The van der Waals surface area contributed by atoms with E-state index < -0.39 is 6.17 Å². The number of alkyl halides is 1. The number of nitrogens with zero attached hydrogens (tertiary/aromatic N) is 7. The van der Waals surface area contributed by atoms with Crippen LogP contribution in [0.25, 0.3) is 22.0 Å². The molecule has 2 heterocycles. The minimum atomic E-state index is -0.864. The number of hydrogen-bond donors (Lipinski definition) is 1. The second-order valence-corrected chi connectivity index (χ2v) is 9.52. The number of anilines is 1. The van der Waals surface area contributed by atoms with Crippen molar-refractivity contribution >= 4 is 17.2 Å². The normalized spacial score (nSPS) is 24.7. The lowest BCUT2D eigenvalue weighted by Crippen LogP contribution is -2.49.